The zero-order valence-corrected chi connectivity index (χ0v) is 13.4. The molecule has 1 saturated carbocycles. The van der Waals surface area contributed by atoms with Crippen LogP contribution in [-0.2, 0) is 4.74 Å². The van der Waals surface area contributed by atoms with Crippen LogP contribution in [0.3, 0.4) is 0 Å². The van der Waals surface area contributed by atoms with Gasteiger partial charge in [0.15, 0.2) is 0 Å². The molecule has 19 heavy (non-hydrogen) atoms. The first kappa shape index (κ1) is 15.3. The summed E-state index contributed by atoms with van der Waals surface area (Å²) in [4.78, 5) is 2.49. The quantitative estimate of drug-likeness (QED) is 0.801. The lowest BCUT2D eigenvalue weighted by atomic mass is 9.64. The number of rotatable bonds is 6. The third-order valence-corrected chi connectivity index (χ3v) is 5.08. The molecule has 1 N–H and O–H groups in total. The fourth-order valence-electron chi connectivity index (χ4n) is 3.34. The number of nitrogens with one attached hydrogen (secondary N) is 1. The van der Waals surface area contributed by atoms with Crippen LogP contribution in [0.15, 0.2) is 0 Å². The largest absolute Gasteiger partial charge is 0.377 e. The molecular weight excluding hydrogens is 236 g/mol. The molecule has 2 rings (SSSR count). The van der Waals surface area contributed by atoms with Gasteiger partial charge in [0, 0.05) is 30.7 Å². The van der Waals surface area contributed by atoms with Gasteiger partial charge in [-0.3, -0.25) is 0 Å². The van der Waals surface area contributed by atoms with Crippen molar-refractivity contribution < 1.29 is 4.74 Å². The second-order valence-electron chi connectivity index (χ2n) is 7.51. The summed E-state index contributed by atoms with van der Waals surface area (Å²) < 4.78 is 6.03. The number of likely N-dealkylation sites (tertiary alicyclic amines) is 1. The molecule has 0 aromatic rings. The van der Waals surface area contributed by atoms with E-state index in [1.54, 1.807) is 0 Å². The van der Waals surface area contributed by atoms with E-state index >= 15 is 0 Å². The highest BCUT2D eigenvalue weighted by Gasteiger charge is 2.48. The Balaban J connectivity index is 1.71. The van der Waals surface area contributed by atoms with E-state index in [-0.39, 0.29) is 5.41 Å². The summed E-state index contributed by atoms with van der Waals surface area (Å²) >= 11 is 0. The van der Waals surface area contributed by atoms with Gasteiger partial charge in [-0.15, -0.1) is 0 Å². The molecule has 0 amide bonds. The first-order chi connectivity index (χ1) is 8.91. The van der Waals surface area contributed by atoms with E-state index in [0.717, 1.165) is 19.2 Å². The molecule has 1 aliphatic carbocycles. The lowest BCUT2D eigenvalue weighted by Gasteiger charge is -2.52. The third-order valence-electron chi connectivity index (χ3n) is 5.08. The van der Waals surface area contributed by atoms with E-state index in [9.17, 15) is 0 Å². The average molecular weight is 268 g/mol. The lowest BCUT2D eigenvalue weighted by molar-refractivity contribution is -0.124. The van der Waals surface area contributed by atoms with Crippen LogP contribution in [0.2, 0.25) is 0 Å². The van der Waals surface area contributed by atoms with E-state index < -0.39 is 0 Å². The molecule has 0 spiro atoms. The molecule has 3 atom stereocenters. The molecule has 3 unspecified atom stereocenters. The summed E-state index contributed by atoms with van der Waals surface area (Å²) in [7, 11) is 2.25. The molecule has 3 nitrogen and oxygen atoms in total. The molecule has 112 valence electrons. The van der Waals surface area contributed by atoms with Gasteiger partial charge in [0.25, 0.3) is 0 Å². The van der Waals surface area contributed by atoms with Crippen LogP contribution in [0.25, 0.3) is 0 Å². The normalized spacial score (nSPS) is 34.7. The van der Waals surface area contributed by atoms with Crippen molar-refractivity contribution in [1.82, 2.24) is 10.2 Å². The maximum atomic E-state index is 6.03. The minimum Gasteiger partial charge on any atom is -0.377 e. The maximum absolute atomic E-state index is 6.03. The van der Waals surface area contributed by atoms with Gasteiger partial charge in [0.05, 0.1) is 6.10 Å². The standard InChI is InChI=1S/C16H32N2O/c1-12(2)11-19-15-9-14(16(15,3)4)17-10-13-7-6-8-18(13)5/h12-15,17H,6-11H2,1-5H3. The van der Waals surface area contributed by atoms with E-state index in [1.165, 1.54) is 25.8 Å². The van der Waals surface area contributed by atoms with Gasteiger partial charge in [-0.1, -0.05) is 27.7 Å². The predicted molar refractivity (Wildman–Crippen MR) is 80.4 cm³/mol. The zero-order valence-electron chi connectivity index (χ0n) is 13.4. The zero-order chi connectivity index (χ0) is 14.0. The summed E-state index contributed by atoms with van der Waals surface area (Å²) in [5.74, 6) is 0.634. The van der Waals surface area contributed by atoms with Crippen LogP contribution >= 0.6 is 0 Å². The molecule has 2 aliphatic rings. The van der Waals surface area contributed by atoms with Crippen molar-refractivity contribution >= 4 is 0 Å². The van der Waals surface area contributed by atoms with Gasteiger partial charge in [-0.25, -0.2) is 0 Å². The van der Waals surface area contributed by atoms with Crippen molar-refractivity contribution in [2.24, 2.45) is 11.3 Å². The Morgan fingerprint density at radius 3 is 2.63 bits per heavy atom. The van der Waals surface area contributed by atoms with Crippen molar-refractivity contribution in [2.75, 3.05) is 26.7 Å². The second kappa shape index (κ2) is 6.11. The first-order valence-corrected chi connectivity index (χ1v) is 7.96. The highest BCUT2D eigenvalue weighted by molar-refractivity contribution is 5.03. The van der Waals surface area contributed by atoms with Crippen LogP contribution in [0.5, 0.6) is 0 Å². The number of likely N-dealkylation sites (N-methyl/N-ethyl adjacent to an activating group) is 1. The van der Waals surface area contributed by atoms with Gasteiger partial charge in [0.2, 0.25) is 0 Å². The van der Waals surface area contributed by atoms with Crippen LogP contribution < -0.4 is 5.32 Å². The molecule has 1 heterocycles. The molecule has 2 fully saturated rings. The van der Waals surface area contributed by atoms with Crippen LogP contribution in [0.4, 0.5) is 0 Å². The summed E-state index contributed by atoms with van der Waals surface area (Å²) in [6.45, 7) is 12.4. The summed E-state index contributed by atoms with van der Waals surface area (Å²) in [6.07, 6.45) is 4.32. The third kappa shape index (κ3) is 3.50. The van der Waals surface area contributed by atoms with Gasteiger partial charge >= 0.3 is 0 Å². The molecular formula is C16H32N2O. The predicted octanol–water partition coefficient (Wildman–Crippen LogP) is 2.51. The number of hydrogen-bond acceptors (Lipinski definition) is 3. The van der Waals surface area contributed by atoms with E-state index in [0.29, 0.717) is 18.1 Å². The van der Waals surface area contributed by atoms with Gasteiger partial charge in [-0.2, -0.15) is 0 Å². The Kier molecular flexibility index (Phi) is 4.91. The summed E-state index contributed by atoms with van der Waals surface area (Å²) in [5.41, 5.74) is 0.284. The molecule has 0 radical (unpaired) electrons. The molecule has 0 aromatic heterocycles. The fourth-order valence-corrected chi connectivity index (χ4v) is 3.34. The average Bonchev–Trinajstić information content (AvgIpc) is 2.72. The van der Waals surface area contributed by atoms with Gasteiger partial charge in [-0.05, 0) is 38.8 Å². The highest BCUT2D eigenvalue weighted by Crippen LogP contribution is 2.43. The number of nitrogens with zero attached hydrogens (tertiary/aromatic N) is 1. The Hall–Kier alpha value is -0.120. The van der Waals surface area contributed by atoms with Crippen LogP contribution in [-0.4, -0.2) is 49.8 Å². The molecule has 3 heteroatoms. The minimum atomic E-state index is 0.284. The Bertz CT molecular complexity index is 290. The van der Waals surface area contributed by atoms with Crippen molar-refractivity contribution in [3.8, 4) is 0 Å². The first-order valence-electron chi connectivity index (χ1n) is 7.96. The second-order valence-corrected chi connectivity index (χ2v) is 7.51. The monoisotopic (exact) mass is 268 g/mol. The minimum absolute atomic E-state index is 0.284. The fraction of sp³-hybridized carbons (Fsp3) is 1.00. The van der Waals surface area contributed by atoms with Gasteiger partial charge in [0.1, 0.15) is 0 Å². The number of hydrogen-bond donors (Lipinski definition) is 1. The van der Waals surface area contributed by atoms with Crippen molar-refractivity contribution in [2.45, 2.75) is 65.1 Å². The van der Waals surface area contributed by atoms with Crippen molar-refractivity contribution in [1.29, 1.82) is 0 Å². The van der Waals surface area contributed by atoms with Crippen molar-refractivity contribution in [3.05, 3.63) is 0 Å². The van der Waals surface area contributed by atoms with E-state index in [1.807, 2.05) is 0 Å². The van der Waals surface area contributed by atoms with E-state index in [2.05, 4.69) is 45.0 Å². The molecule has 1 saturated heterocycles. The summed E-state index contributed by atoms with van der Waals surface area (Å²) in [6, 6.07) is 1.37. The maximum Gasteiger partial charge on any atom is 0.0656 e. The Morgan fingerprint density at radius 2 is 2.11 bits per heavy atom. The Labute approximate surface area is 119 Å². The topological polar surface area (TPSA) is 24.5 Å². The lowest BCUT2D eigenvalue weighted by Crippen LogP contribution is -2.62. The number of ether oxygens (including phenoxy) is 1. The van der Waals surface area contributed by atoms with Gasteiger partial charge < -0.3 is 15.0 Å². The van der Waals surface area contributed by atoms with E-state index in [4.69, 9.17) is 4.74 Å². The smallest absolute Gasteiger partial charge is 0.0656 e. The highest BCUT2D eigenvalue weighted by atomic mass is 16.5. The molecule has 0 aromatic carbocycles. The molecule has 0 bridgehead atoms. The van der Waals surface area contributed by atoms with Crippen molar-refractivity contribution in [3.63, 3.8) is 0 Å². The SMILES string of the molecule is CC(C)COC1CC(NCC2CCCN2C)C1(C)C. The molecule has 1 aliphatic heterocycles. The van der Waals surface area contributed by atoms with Crippen LogP contribution in [0.1, 0.15) is 47.0 Å². The Morgan fingerprint density at radius 1 is 1.37 bits per heavy atom. The van der Waals surface area contributed by atoms with Crippen LogP contribution in [0, 0.1) is 11.3 Å². The summed E-state index contributed by atoms with van der Waals surface area (Å²) in [5, 5.41) is 3.78.